The second-order valence-electron chi connectivity index (χ2n) is 7.73. The van der Waals surface area contributed by atoms with Crippen molar-refractivity contribution >= 4 is 24.0 Å². The summed E-state index contributed by atoms with van der Waals surface area (Å²) in [4.78, 5) is 0. The molecular weight excluding hydrogens is 453 g/mol. The first-order valence-electron chi connectivity index (χ1n) is 10.1. The van der Waals surface area contributed by atoms with Gasteiger partial charge < -0.3 is 5.73 Å². The third kappa shape index (κ3) is 7.06. The highest BCUT2D eigenvalue weighted by Gasteiger charge is 2.30. The average molecular weight is 485 g/mol. The SMILES string of the molecule is I.NCCCCC(Cc1ccccc1)(Cc1ccccc1)Cc1ccccc1. The van der Waals surface area contributed by atoms with E-state index in [0.29, 0.717) is 0 Å². The van der Waals surface area contributed by atoms with Crippen LogP contribution in [0.25, 0.3) is 0 Å². The van der Waals surface area contributed by atoms with Crippen LogP contribution in [0.1, 0.15) is 36.0 Å². The maximum atomic E-state index is 5.82. The van der Waals surface area contributed by atoms with Crippen molar-refractivity contribution in [2.24, 2.45) is 11.1 Å². The maximum absolute atomic E-state index is 5.82. The minimum atomic E-state index is 0. The van der Waals surface area contributed by atoms with Crippen molar-refractivity contribution in [3.8, 4) is 0 Å². The Balaban J connectivity index is 0.00000280. The third-order valence-corrected chi connectivity index (χ3v) is 5.43. The second kappa shape index (κ2) is 12.0. The van der Waals surface area contributed by atoms with Crippen LogP contribution in [0.2, 0.25) is 0 Å². The molecule has 0 atom stereocenters. The quantitative estimate of drug-likeness (QED) is 0.259. The molecule has 148 valence electrons. The highest BCUT2D eigenvalue weighted by Crippen LogP contribution is 2.37. The molecule has 3 aromatic rings. The number of unbranched alkanes of at least 4 members (excludes halogenated alkanes) is 1. The molecule has 0 saturated carbocycles. The molecule has 0 heterocycles. The average Bonchev–Trinajstić information content (AvgIpc) is 2.70. The van der Waals surface area contributed by atoms with Crippen molar-refractivity contribution in [1.82, 2.24) is 0 Å². The van der Waals surface area contributed by atoms with E-state index in [4.69, 9.17) is 5.73 Å². The van der Waals surface area contributed by atoms with Gasteiger partial charge in [0.05, 0.1) is 0 Å². The number of hydrogen-bond donors (Lipinski definition) is 1. The van der Waals surface area contributed by atoms with Crippen LogP contribution in [0.4, 0.5) is 0 Å². The van der Waals surface area contributed by atoms with Crippen molar-refractivity contribution < 1.29 is 0 Å². The molecular formula is C26H32IN. The van der Waals surface area contributed by atoms with Crippen LogP contribution in [-0.2, 0) is 19.3 Å². The van der Waals surface area contributed by atoms with Gasteiger partial charge in [-0.25, -0.2) is 0 Å². The van der Waals surface area contributed by atoms with Gasteiger partial charge in [-0.1, -0.05) is 97.4 Å². The molecule has 0 saturated heterocycles. The zero-order valence-electron chi connectivity index (χ0n) is 16.6. The summed E-state index contributed by atoms with van der Waals surface area (Å²) in [6.45, 7) is 0.776. The normalized spacial score (nSPS) is 11.0. The minimum Gasteiger partial charge on any atom is -0.330 e. The van der Waals surface area contributed by atoms with Crippen LogP contribution in [-0.4, -0.2) is 6.54 Å². The molecule has 0 radical (unpaired) electrons. The van der Waals surface area contributed by atoms with Gasteiger partial charge in [0.2, 0.25) is 0 Å². The van der Waals surface area contributed by atoms with Gasteiger partial charge in [0.25, 0.3) is 0 Å². The summed E-state index contributed by atoms with van der Waals surface area (Å²) in [7, 11) is 0. The number of halogens is 1. The molecule has 2 heteroatoms. The van der Waals surface area contributed by atoms with E-state index >= 15 is 0 Å². The molecule has 0 spiro atoms. The summed E-state index contributed by atoms with van der Waals surface area (Å²) in [6, 6.07) is 32.9. The monoisotopic (exact) mass is 485 g/mol. The first-order chi connectivity index (χ1) is 13.3. The Labute approximate surface area is 187 Å². The molecule has 0 amide bonds. The largest absolute Gasteiger partial charge is 0.330 e. The van der Waals surface area contributed by atoms with Crippen molar-refractivity contribution in [2.75, 3.05) is 6.54 Å². The zero-order valence-corrected chi connectivity index (χ0v) is 18.9. The van der Waals surface area contributed by atoms with E-state index in [9.17, 15) is 0 Å². The van der Waals surface area contributed by atoms with E-state index in [0.717, 1.165) is 32.2 Å². The Morgan fingerprint density at radius 3 is 1.21 bits per heavy atom. The Bertz CT molecular complexity index is 670. The van der Waals surface area contributed by atoms with E-state index in [1.54, 1.807) is 0 Å². The van der Waals surface area contributed by atoms with Crippen molar-refractivity contribution in [3.05, 3.63) is 108 Å². The lowest BCUT2D eigenvalue weighted by Gasteiger charge is -2.35. The first kappa shape index (κ1) is 22.6. The fourth-order valence-electron chi connectivity index (χ4n) is 4.18. The second-order valence-corrected chi connectivity index (χ2v) is 7.73. The van der Waals surface area contributed by atoms with Gasteiger partial charge in [0, 0.05) is 0 Å². The van der Waals surface area contributed by atoms with Gasteiger partial charge in [-0.3, -0.25) is 0 Å². The summed E-state index contributed by atoms with van der Waals surface area (Å²) in [5.41, 5.74) is 10.3. The van der Waals surface area contributed by atoms with Crippen LogP contribution < -0.4 is 5.73 Å². The summed E-state index contributed by atoms with van der Waals surface area (Å²) < 4.78 is 0. The lowest BCUT2D eigenvalue weighted by atomic mass is 9.69. The van der Waals surface area contributed by atoms with E-state index in [2.05, 4.69) is 91.0 Å². The van der Waals surface area contributed by atoms with Crippen molar-refractivity contribution in [1.29, 1.82) is 0 Å². The van der Waals surface area contributed by atoms with Gasteiger partial charge in [0.1, 0.15) is 0 Å². The van der Waals surface area contributed by atoms with Crippen LogP contribution in [0.15, 0.2) is 91.0 Å². The van der Waals surface area contributed by atoms with E-state index < -0.39 is 0 Å². The molecule has 3 rings (SSSR count). The Kier molecular flexibility index (Phi) is 9.72. The highest BCUT2D eigenvalue weighted by atomic mass is 127. The summed E-state index contributed by atoms with van der Waals surface area (Å²) in [5.74, 6) is 0. The van der Waals surface area contributed by atoms with Crippen LogP contribution in [0.5, 0.6) is 0 Å². The van der Waals surface area contributed by atoms with Crippen LogP contribution in [0.3, 0.4) is 0 Å². The standard InChI is InChI=1S/C26H31N.HI/c27-19-11-10-18-26(20-23-12-4-1-5-13-23,21-24-14-6-2-7-15-24)22-25-16-8-3-9-17-25;/h1-9,12-17H,10-11,18-22,27H2;1H. The van der Waals surface area contributed by atoms with E-state index in [1.165, 1.54) is 29.5 Å². The summed E-state index contributed by atoms with van der Waals surface area (Å²) in [6.07, 6.45) is 6.78. The van der Waals surface area contributed by atoms with Gasteiger partial charge in [-0.15, -0.1) is 24.0 Å². The molecule has 0 bridgehead atoms. The van der Waals surface area contributed by atoms with Crippen molar-refractivity contribution in [3.63, 3.8) is 0 Å². The molecule has 0 fully saturated rings. The zero-order chi connectivity index (χ0) is 18.8. The molecule has 0 aliphatic heterocycles. The van der Waals surface area contributed by atoms with Gasteiger partial charge >= 0.3 is 0 Å². The topological polar surface area (TPSA) is 26.0 Å². The summed E-state index contributed by atoms with van der Waals surface area (Å²) >= 11 is 0. The smallest absolute Gasteiger partial charge is 0.00773 e. The fourth-order valence-corrected chi connectivity index (χ4v) is 4.18. The van der Waals surface area contributed by atoms with Gasteiger partial charge in [-0.2, -0.15) is 0 Å². The Hall–Kier alpha value is -1.65. The lowest BCUT2D eigenvalue weighted by molar-refractivity contribution is 0.245. The molecule has 28 heavy (non-hydrogen) atoms. The maximum Gasteiger partial charge on any atom is -0.00773 e. The molecule has 3 aromatic carbocycles. The molecule has 0 aliphatic rings. The summed E-state index contributed by atoms with van der Waals surface area (Å²) in [5, 5.41) is 0. The van der Waals surface area contributed by atoms with Gasteiger partial charge in [0.15, 0.2) is 0 Å². The number of rotatable bonds is 10. The number of nitrogens with two attached hydrogens (primary N) is 1. The molecule has 2 N–H and O–H groups in total. The predicted octanol–water partition coefficient (Wildman–Crippen LogP) is 6.45. The molecule has 0 aromatic heterocycles. The third-order valence-electron chi connectivity index (χ3n) is 5.43. The van der Waals surface area contributed by atoms with E-state index in [1.807, 2.05) is 0 Å². The molecule has 0 unspecified atom stereocenters. The fraction of sp³-hybridized carbons (Fsp3) is 0.308. The number of benzene rings is 3. The number of hydrogen-bond acceptors (Lipinski definition) is 1. The van der Waals surface area contributed by atoms with Gasteiger partial charge in [-0.05, 0) is 60.8 Å². The predicted molar refractivity (Wildman–Crippen MR) is 131 cm³/mol. The molecule has 1 nitrogen and oxygen atoms in total. The minimum absolute atomic E-state index is 0. The highest BCUT2D eigenvalue weighted by molar-refractivity contribution is 14.0. The Morgan fingerprint density at radius 2 is 0.893 bits per heavy atom. The lowest BCUT2D eigenvalue weighted by Crippen LogP contribution is -2.30. The Morgan fingerprint density at radius 1 is 0.536 bits per heavy atom. The first-order valence-corrected chi connectivity index (χ1v) is 10.1. The van der Waals surface area contributed by atoms with Crippen LogP contribution in [0, 0.1) is 5.41 Å². The van der Waals surface area contributed by atoms with E-state index in [-0.39, 0.29) is 29.4 Å². The molecule has 0 aliphatic carbocycles. The van der Waals surface area contributed by atoms with Crippen LogP contribution >= 0.6 is 24.0 Å². The van der Waals surface area contributed by atoms with Crippen molar-refractivity contribution in [2.45, 2.75) is 38.5 Å².